The van der Waals surface area contributed by atoms with E-state index in [0.717, 1.165) is 23.5 Å². The molecule has 1 amide bonds. The quantitative estimate of drug-likeness (QED) is 0.785. The number of halogens is 2. The Morgan fingerprint density at radius 1 is 1.30 bits per heavy atom. The van der Waals surface area contributed by atoms with Gasteiger partial charge in [-0.2, -0.15) is 4.52 Å². The molecular weight excluding hydrogens is 288 g/mol. The summed E-state index contributed by atoms with van der Waals surface area (Å²) >= 11 is 1.05. The largest absolute Gasteiger partial charge is 0.320 e. The highest BCUT2D eigenvalue weighted by Gasteiger charge is 2.16. The molecule has 0 saturated carbocycles. The van der Waals surface area contributed by atoms with Crippen molar-refractivity contribution in [2.45, 2.75) is 6.92 Å². The maximum atomic E-state index is 13.0. The normalized spacial score (nSPS) is 10.9. The lowest BCUT2D eigenvalue weighted by Crippen LogP contribution is -2.12. The van der Waals surface area contributed by atoms with Crippen molar-refractivity contribution in [1.82, 2.24) is 19.8 Å². The van der Waals surface area contributed by atoms with E-state index in [1.54, 1.807) is 6.92 Å². The summed E-state index contributed by atoms with van der Waals surface area (Å²) in [6.07, 6.45) is 0. The summed E-state index contributed by atoms with van der Waals surface area (Å²) in [7, 11) is 0. The second-order valence-corrected chi connectivity index (χ2v) is 4.89. The molecule has 2 aromatic heterocycles. The third-order valence-corrected chi connectivity index (χ3v) is 3.42. The molecular formula is C11H7F2N5OS. The topological polar surface area (TPSA) is 72.2 Å². The maximum Gasteiger partial charge on any atom is 0.286 e. The van der Waals surface area contributed by atoms with Crippen LogP contribution in [0.5, 0.6) is 0 Å². The fraction of sp³-hybridized carbons (Fsp3) is 0.0909. The van der Waals surface area contributed by atoms with Gasteiger partial charge in [0.2, 0.25) is 9.97 Å². The van der Waals surface area contributed by atoms with Crippen molar-refractivity contribution in [1.29, 1.82) is 0 Å². The number of hydrogen-bond donors (Lipinski definition) is 1. The number of nitrogens with zero attached hydrogens (tertiary/aromatic N) is 4. The van der Waals surface area contributed by atoms with Crippen molar-refractivity contribution in [2.75, 3.05) is 5.32 Å². The molecule has 0 fully saturated rings. The van der Waals surface area contributed by atoms with Crippen LogP contribution in [0.1, 0.15) is 15.6 Å². The van der Waals surface area contributed by atoms with Crippen molar-refractivity contribution in [3.05, 3.63) is 40.7 Å². The molecule has 20 heavy (non-hydrogen) atoms. The van der Waals surface area contributed by atoms with Crippen LogP contribution in [0.25, 0.3) is 4.96 Å². The van der Waals surface area contributed by atoms with Gasteiger partial charge in [-0.25, -0.2) is 8.78 Å². The summed E-state index contributed by atoms with van der Waals surface area (Å²) in [6, 6.07) is 3.11. The average molecular weight is 295 g/mol. The Bertz CT molecular complexity index is 812. The van der Waals surface area contributed by atoms with Gasteiger partial charge in [-0.1, -0.05) is 11.3 Å². The standard InChI is InChI=1S/C11H7F2N5OS/c1-5-15-16-11-18(5)17-10(20-11)9(19)14-6-2-3-7(12)8(13)4-6/h2-4H,1H3,(H,14,19). The first kappa shape index (κ1) is 12.6. The highest BCUT2D eigenvalue weighted by atomic mass is 32.1. The molecule has 0 bridgehead atoms. The number of aryl methyl sites for hydroxylation is 1. The molecule has 3 aromatic rings. The lowest BCUT2D eigenvalue weighted by Gasteiger charge is -2.02. The zero-order chi connectivity index (χ0) is 14.3. The Morgan fingerprint density at radius 3 is 2.80 bits per heavy atom. The zero-order valence-electron chi connectivity index (χ0n) is 10.1. The van der Waals surface area contributed by atoms with Crippen molar-refractivity contribution >= 4 is 27.9 Å². The number of aromatic nitrogens is 4. The van der Waals surface area contributed by atoms with Crippen LogP contribution in [0.4, 0.5) is 14.5 Å². The minimum absolute atomic E-state index is 0.150. The smallest absolute Gasteiger partial charge is 0.286 e. The summed E-state index contributed by atoms with van der Waals surface area (Å²) in [5.74, 6) is -1.97. The Balaban J connectivity index is 1.86. The fourth-order valence-electron chi connectivity index (χ4n) is 1.56. The number of anilines is 1. The molecule has 1 N–H and O–H groups in total. The lowest BCUT2D eigenvalue weighted by molar-refractivity contribution is 0.102. The van der Waals surface area contributed by atoms with E-state index in [9.17, 15) is 13.6 Å². The minimum atomic E-state index is -1.03. The van der Waals surface area contributed by atoms with Gasteiger partial charge in [-0.15, -0.1) is 15.3 Å². The van der Waals surface area contributed by atoms with Crippen LogP contribution >= 0.6 is 11.3 Å². The van der Waals surface area contributed by atoms with Gasteiger partial charge in [0.15, 0.2) is 17.5 Å². The van der Waals surface area contributed by atoms with Crippen molar-refractivity contribution in [3.63, 3.8) is 0 Å². The molecule has 102 valence electrons. The maximum absolute atomic E-state index is 13.0. The van der Waals surface area contributed by atoms with Gasteiger partial charge in [0.05, 0.1) is 0 Å². The summed E-state index contributed by atoms with van der Waals surface area (Å²) < 4.78 is 27.3. The number of nitrogens with one attached hydrogen (secondary N) is 1. The van der Waals surface area contributed by atoms with Crippen molar-refractivity contribution < 1.29 is 13.6 Å². The second-order valence-electron chi connectivity index (χ2n) is 3.93. The Hall–Kier alpha value is -2.42. The monoisotopic (exact) mass is 295 g/mol. The average Bonchev–Trinajstić information content (AvgIpc) is 2.97. The molecule has 0 radical (unpaired) electrons. The van der Waals surface area contributed by atoms with Gasteiger partial charge in [0.25, 0.3) is 5.91 Å². The van der Waals surface area contributed by atoms with E-state index in [1.807, 2.05) is 0 Å². The first-order chi connectivity index (χ1) is 9.54. The number of carbonyl (C=O) groups is 1. The van der Waals surface area contributed by atoms with E-state index >= 15 is 0 Å². The van der Waals surface area contributed by atoms with E-state index in [2.05, 4.69) is 20.6 Å². The van der Waals surface area contributed by atoms with E-state index in [1.165, 1.54) is 10.6 Å². The zero-order valence-corrected chi connectivity index (χ0v) is 10.9. The third-order valence-electron chi connectivity index (χ3n) is 2.52. The lowest BCUT2D eigenvalue weighted by atomic mass is 10.3. The molecule has 0 aliphatic heterocycles. The number of hydrogen-bond acceptors (Lipinski definition) is 5. The van der Waals surface area contributed by atoms with E-state index < -0.39 is 17.5 Å². The van der Waals surface area contributed by atoms with Crippen LogP contribution in [0.3, 0.4) is 0 Å². The highest BCUT2D eigenvalue weighted by molar-refractivity contribution is 7.18. The van der Waals surface area contributed by atoms with E-state index in [4.69, 9.17) is 0 Å². The first-order valence-corrected chi connectivity index (χ1v) is 6.31. The molecule has 0 saturated heterocycles. The van der Waals surface area contributed by atoms with Gasteiger partial charge in [0.1, 0.15) is 0 Å². The highest BCUT2D eigenvalue weighted by Crippen LogP contribution is 2.17. The van der Waals surface area contributed by atoms with Crippen molar-refractivity contribution in [3.8, 4) is 0 Å². The molecule has 0 unspecified atom stereocenters. The summed E-state index contributed by atoms with van der Waals surface area (Å²) in [5, 5.41) is 14.3. The number of benzene rings is 1. The minimum Gasteiger partial charge on any atom is -0.320 e. The number of rotatable bonds is 2. The molecule has 0 spiro atoms. The predicted molar refractivity (Wildman–Crippen MR) is 67.7 cm³/mol. The van der Waals surface area contributed by atoms with Gasteiger partial charge in [-0.3, -0.25) is 4.79 Å². The molecule has 0 aliphatic carbocycles. The molecule has 9 heteroatoms. The van der Waals surface area contributed by atoms with Crippen LogP contribution in [0.15, 0.2) is 18.2 Å². The summed E-state index contributed by atoms with van der Waals surface area (Å²) in [4.78, 5) is 12.4. The van der Waals surface area contributed by atoms with E-state index in [-0.39, 0.29) is 10.7 Å². The van der Waals surface area contributed by atoms with Gasteiger partial charge in [-0.05, 0) is 19.1 Å². The number of carbonyl (C=O) groups excluding carboxylic acids is 1. The second kappa shape index (κ2) is 4.60. The van der Waals surface area contributed by atoms with Crippen LogP contribution in [0.2, 0.25) is 0 Å². The SMILES string of the molecule is Cc1nnc2sc(C(=O)Nc3ccc(F)c(F)c3)nn12. The summed E-state index contributed by atoms with van der Waals surface area (Å²) in [6.45, 7) is 1.71. The molecule has 0 atom stereocenters. The Kier molecular flexibility index (Phi) is 2.90. The fourth-order valence-corrected chi connectivity index (χ4v) is 2.35. The Morgan fingerprint density at radius 2 is 2.10 bits per heavy atom. The number of amides is 1. The van der Waals surface area contributed by atoms with Crippen LogP contribution in [0, 0.1) is 18.6 Å². The van der Waals surface area contributed by atoms with Crippen molar-refractivity contribution in [2.24, 2.45) is 0 Å². The molecule has 1 aromatic carbocycles. The van der Waals surface area contributed by atoms with E-state index in [0.29, 0.717) is 10.8 Å². The van der Waals surface area contributed by atoms with Crippen LogP contribution < -0.4 is 5.32 Å². The third kappa shape index (κ3) is 2.11. The first-order valence-electron chi connectivity index (χ1n) is 5.50. The number of fused-ring (bicyclic) bond motifs is 1. The molecule has 0 aliphatic rings. The van der Waals surface area contributed by atoms with Crippen LogP contribution in [-0.2, 0) is 0 Å². The summed E-state index contributed by atoms with van der Waals surface area (Å²) in [5.41, 5.74) is 0.150. The van der Waals surface area contributed by atoms with Gasteiger partial charge < -0.3 is 5.32 Å². The molecule has 2 heterocycles. The van der Waals surface area contributed by atoms with Gasteiger partial charge in [0, 0.05) is 11.8 Å². The predicted octanol–water partition coefficient (Wildman–Crippen LogP) is 2.02. The molecule has 3 rings (SSSR count). The Labute approximate surface area is 115 Å². The molecule has 6 nitrogen and oxygen atoms in total. The van der Waals surface area contributed by atoms with Gasteiger partial charge >= 0.3 is 0 Å². The van der Waals surface area contributed by atoms with Crippen LogP contribution in [-0.4, -0.2) is 25.7 Å².